The first kappa shape index (κ1) is 15.1. The van der Waals surface area contributed by atoms with Crippen LogP contribution in [0, 0.1) is 5.41 Å². The molecule has 3 heterocycles. The van der Waals surface area contributed by atoms with Gasteiger partial charge in [-0.05, 0) is 25.7 Å². The highest BCUT2D eigenvalue weighted by atomic mass is 32.1. The summed E-state index contributed by atoms with van der Waals surface area (Å²) in [6.45, 7) is 4.76. The molecule has 1 N–H and O–H groups in total. The smallest absolute Gasteiger partial charge is 0.317 e. The molecule has 1 aliphatic carbocycles. The number of anilines is 1. The van der Waals surface area contributed by atoms with Gasteiger partial charge >= 0.3 is 6.03 Å². The van der Waals surface area contributed by atoms with Crippen LogP contribution in [0.25, 0.3) is 0 Å². The van der Waals surface area contributed by atoms with E-state index in [0.717, 1.165) is 63.6 Å². The van der Waals surface area contributed by atoms with Crippen LogP contribution in [-0.2, 0) is 4.74 Å². The number of ether oxygens (including phenoxy) is 1. The molecule has 0 bridgehead atoms. The second kappa shape index (κ2) is 6.24. The Morgan fingerprint density at radius 2 is 2.30 bits per heavy atom. The normalized spacial score (nSPS) is 28.7. The van der Waals surface area contributed by atoms with Crippen molar-refractivity contribution in [2.45, 2.75) is 31.7 Å². The average molecular weight is 337 g/mol. The quantitative estimate of drug-likeness (QED) is 0.881. The highest BCUT2D eigenvalue weighted by molar-refractivity contribution is 7.13. The zero-order chi connectivity index (χ0) is 15.7. The third-order valence-electron chi connectivity index (χ3n) is 4.91. The van der Waals surface area contributed by atoms with Crippen molar-refractivity contribution in [1.29, 1.82) is 0 Å². The zero-order valence-corrected chi connectivity index (χ0v) is 14.1. The molecule has 23 heavy (non-hydrogen) atoms. The van der Waals surface area contributed by atoms with Gasteiger partial charge in [0.25, 0.3) is 0 Å². The second-order valence-corrected chi connectivity index (χ2v) is 7.76. The van der Waals surface area contributed by atoms with Crippen LogP contribution in [0.5, 0.6) is 0 Å². The molecule has 1 saturated carbocycles. The number of nitrogens with zero attached hydrogens (tertiary/aromatic N) is 4. The molecule has 0 aromatic carbocycles. The van der Waals surface area contributed by atoms with Crippen LogP contribution >= 0.6 is 11.3 Å². The van der Waals surface area contributed by atoms with E-state index in [1.807, 2.05) is 4.90 Å². The Balaban J connectivity index is 1.47. The van der Waals surface area contributed by atoms with E-state index in [9.17, 15) is 4.79 Å². The van der Waals surface area contributed by atoms with Crippen LogP contribution in [0.4, 0.5) is 9.93 Å². The molecule has 1 aromatic rings. The van der Waals surface area contributed by atoms with Crippen LogP contribution in [0.3, 0.4) is 0 Å². The Kier molecular flexibility index (Phi) is 4.11. The molecule has 0 unspecified atom stereocenters. The van der Waals surface area contributed by atoms with Crippen molar-refractivity contribution in [3.8, 4) is 0 Å². The predicted molar refractivity (Wildman–Crippen MR) is 87.7 cm³/mol. The van der Waals surface area contributed by atoms with Crippen LogP contribution in [-0.4, -0.2) is 66.6 Å². The minimum atomic E-state index is 0.00130. The molecule has 2 aliphatic heterocycles. The Morgan fingerprint density at radius 1 is 1.39 bits per heavy atom. The standard InChI is InChI=1S/C15H23N5O2S/c21-13(17-12-2-3-12)19-5-1-4-15(8-19)9-20(6-7-22-10-15)14-18-16-11-23-14/h11-12H,1-10H2,(H,17,21)/t15-/m1/s1. The van der Waals surface area contributed by atoms with E-state index < -0.39 is 0 Å². The van der Waals surface area contributed by atoms with Crippen molar-refractivity contribution in [1.82, 2.24) is 20.4 Å². The lowest BCUT2D eigenvalue weighted by Crippen LogP contribution is -2.54. The summed E-state index contributed by atoms with van der Waals surface area (Å²) < 4.78 is 5.89. The molecule has 4 rings (SSSR count). The van der Waals surface area contributed by atoms with E-state index in [1.54, 1.807) is 16.8 Å². The molecular weight excluding hydrogens is 314 g/mol. The fraction of sp³-hybridized carbons (Fsp3) is 0.800. The summed E-state index contributed by atoms with van der Waals surface area (Å²) in [6, 6.07) is 0.502. The third-order valence-corrected chi connectivity index (χ3v) is 5.66. The van der Waals surface area contributed by atoms with Crippen LogP contribution in [0.1, 0.15) is 25.7 Å². The van der Waals surface area contributed by atoms with E-state index in [1.165, 1.54) is 0 Å². The summed E-state index contributed by atoms with van der Waals surface area (Å²) in [5.41, 5.74) is 1.77. The Hall–Kier alpha value is -1.41. The molecule has 2 amide bonds. The molecule has 2 saturated heterocycles. The fourth-order valence-corrected chi connectivity index (χ4v) is 4.17. The van der Waals surface area contributed by atoms with Crippen molar-refractivity contribution in [2.24, 2.45) is 5.41 Å². The molecule has 126 valence electrons. The highest BCUT2D eigenvalue weighted by Crippen LogP contribution is 2.35. The predicted octanol–water partition coefficient (Wildman–Crippen LogP) is 1.33. The van der Waals surface area contributed by atoms with Gasteiger partial charge in [-0.1, -0.05) is 11.3 Å². The monoisotopic (exact) mass is 337 g/mol. The van der Waals surface area contributed by atoms with Gasteiger partial charge < -0.3 is 19.9 Å². The third kappa shape index (κ3) is 3.42. The number of hydrogen-bond donors (Lipinski definition) is 1. The summed E-state index contributed by atoms with van der Waals surface area (Å²) in [7, 11) is 0. The lowest BCUT2D eigenvalue weighted by molar-refractivity contribution is 0.0244. The molecule has 8 heteroatoms. The number of rotatable bonds is 2. The first-order chi connectivity index (χ1) is 11.2. The van der Waals surface area contributed by atoms with Gasteiger partial charge in [0.15, 0.2) is 0 Å². The number of nitrogens with one attached hydrogen (secondary N) is 1. The highest BCUT2D eigenvalue weighted by Gasteiger charge is 2.41. The SMILES string of the molecule is O=C(NC1CC1)N1CCC[C@@]2(COCCN(c3nncs3)C2)C1. The maximum atomic E-state index is 12.4. The minimum absolute atomic E-state index is 0.00130. The van der Waals surface area contributed by atoms with E-state index in [-0.39, 0.29) is 11.4 Å². The van der Waals surface area contributed by atoms with Gasteiger partial charge in [0.05, 0.1) is 13.2 Å². The molecule has 1 aromatic heterocycles. The maximum Gasteiger partial charge on any atom is 0.317 e. The summed E-state index contributed by atoms with van der Waals surface area (Å²) in [4.78, 5) is 16.7. The average Bonchev–Trinajstić information content (AvgIpc) is 3.25. The summed E-state index contributed by atoms with van der Waals surface area (Å²) in [5, 5.41) is 12.2. The van der Waals surface area contributed by atoms with E-state index >= 15 is 0 Å². The van der Waals surface area contributed by atoms with Gasteiger partial charge in [-0.25, -0.2) is 4.79 Å². The van der Waals surface area contributed by atoms with Crippen LogP contribution in [0.2, 0.25) is 0 Å². The zero-order valence-electron chi connectivity index (χ0n) is 13.2. The molecule has 3 fully saturated rings. The second-order valence-electron chi connectivity index (χ2n) is 6.94. The molecule has 0 radical (unpaired) electrons. The number of amides is 2. The first-order valence-electron chi connectivity index (χ1n) is 8.38. The van der Waals surface area contributed by atoms with Gasteiger partial charge in [0, 0.05) is 37.6 Å². The van der Waals surface area contributed by atoms with Crippen molar-refractivity contribution in [3.05, 3.63) is 5.51 Å². The molecule has 1 atom stereocenters. The van der Waals surface area contributed by atoms with Crippen molar-refractivity contribution < 1.29 is 9.53 Å². The molecule has 1 spiro atoms. The van der Waals surface area contributed by atoms with Gasteiger partial charge in [0.2, 0.25) is 5.13 Å². The number of urea groups is 1. The molecule has 3 aliphatic rings. The number of hydrogen-bond acceptors (Lipinski definition) is 6. The van der Waals surface area contributed by atoms with Gasteiger partial charge in [0.1, 0.15) is 5.51 Å². The Morgan fingerprint density at radius 3 is 3.09 bits per heavy atom. The minimum Gasteiger partial charge on any atom is -0.379 e. The lowest BCUT2D eigenvalue weighted by atomic mass is 9.80. The number of aromatic nitrogens is 2. The molecular formula is C15H23N5O2S. The van der Waals surface area contributed by atoms with Crippen molar-refractivity contribution >= 4 is 22.5 Å². The lowest BCUT2D eigenvalue weighted by Gasteiger charge is -2.43. The van der Waals surface area contributed by atoms with Gasteiger partial charge in [-0.2, -0.15) is 0 Å². The van der Waals surface area contributed by atoms with E-state index in [0.29, 0.717) is 12.6 Å². The van der Waals surface area contributed by atoms with E-state index in [2.05, 4.69) is 20.4 Å². The maximum absolute atomic E-state index is 12.4. The van der Waals surface area contributed by atoms with Crippen LogP contribution in [0.15, 0.2) is 5.51 Å². The summed E-state index contributed by atoms with van der Waals surface area (Å²) in [5.74, 6) is 0. The fourth-order valence-electron chi connectivity index (χ4n) is 3.58. The number of likely N-dealkylation sites (tertiary alicyclic amines) is 1. The van der Waals surface area contributed by atoms with Crippen molar-refractivity contribution in [3.63, 3.8) is 0 Å². The largest absolute Gasteiger partial charge is 0.379 e. The number of piperidine rings is 1. The molecule has 7 nitrogen and oxygen atoms in total. The first-order valence-corrected chi connectivity index (χ1v) is 9.26. The van der Waals surface area contributed by atoms with Crippen LogP contribution < -0.4 is 10.2 Å². The number of carbonyl (C=O) groups excluding carboxylic acids is 1. The van der Waals surface area contributed by atoms with Gasteiger partial charge in [-0.3, -0.25) is 0 Å². The van der Waals surface area contributed by atoms with Crippen molar-refractivity contribution in [2.75, 3.05) is 44.3 Å². The summed E-state index contributed by atoms with van der Waals surface area (Å²) in [6.07, 6.45) is 4.37. The Labute approximate surface area is 140 Å². The topological polar surface area (TPSA) is 70.6 Å². The summed E-state index contributed by atoms with van der Waals surface area (Å²) >= 11 is 1.57. The van der Waals surface area contributed by atoms with E-state index in [4.69, 9.17) is 4.74 Å². The number of carbonyl (C=O) groups is 1. The Bertz CT molecular complexity index is 550. The van der Waals surface area contributed by atoms with Gasteiger partial charge in [-0.15, -0.1) is 10.2 Å².